The van der Waals surface area contributed by atoms with Crippen molar-refractivity contribution in [3.05, 3.63) is 35.9 Å². The summed E-state index contributed by atoms with van der Waals surface area (Å²) >= 11 is 0. The number of aliphatic hydroxyl groups is 1. The minimum atomic E-state index is -0.644. The van der Waals surface area contributed by atoms with Gasteiger partial charge in [-0.05, 0) is 18.4 Å². The minimum absolute atomic E-state index is 0.136. The summed E-state index contributed by atoms with van der Waals surface area (Å²) in [6.07, 6.45) is 1.04. The molecule has 0 saturated heterocycles. The second-order valence-electron chi connectivity index (χ2n) is 4.17. The molecule has 1 amide bonds. The molecule has 0 fully saturated rings. The van der Waals surface area contributed by atoms with Crippen LogP contribution in [0.2, 0.25) is 0 Å². The Morgan fingerprint density at radius 2 is 2.11 bits per heavy atom. The summed E-state index contributed by atoms with van der Waals surface area (Å²) in [6, 6.07) is 11.2. The maximum absolute atomic E-state index is 11.7. The van der Waals surface area contributed by atoms with Gasteiger partial charge in [0.1, 0.15) is 5.92 Å². The van der Waals surface area contributed by atoms with Crippen LogP contribution in [0.5, 0.6) is 0 Å². The maximum atomic E-state index is 11.7. The molecule has 0 aliphatic carbocycles. The van der Waals surface area contributed by atoms with Crippen LogP contribution in [0.25, 0.3) is 0 Å². The van der Waals surface area contributed by atoms with Gasteiger partial charge in [0.2, 0.25) is 5.91 Å². The highest BCUT2D eigenvalue weighted by molar-refractivity contribution is 5.81. The molecule has 0 aliphatic heterocycles. The number of benzene rings is 1. The van der Waals surface area contributed by atoms with Gasteiger partial charge in [-0.2, -0.15) is 5.26 Å². The molecule has 0 heterocycles. The highest BCUT2D eigenvalue weighted by Gasteiger charge is 2.19. The van der Waals surface area contributed by atoms with Crippen LogP contribution < -0.4 is 5.32 Å². The van der Waals surface area contributed by atoms with Crippen LogP contribution in [0.15, 0.2) is 30.3 Å². The number of rotatable bonds is 6. The van der Waals surface area contributed by atoms with Crippen LogP contribution in [-0.2, 0) is 11.2 Å². The lowest BCUT2D eigenvalue weighted by atomic mass is 10.0. The first-order valence-electron chi connectivity index (χ1n) is 6.06. The van der Waals surface area contributed by atoms with Crippen molar-refractivity contribution in [3.63, 3.8) is 0 Å². The SMILES string of the molecule is CCC(C#N)C(=O)N[C@H](CO)Cc1ccccc1. The quantitative estimate of drug-likeness (QED) is 0.793. The molecule has 0 saturated carbocycles. The highest BCUT2D eigenvalue weighted by Crippen LogP contribution is 2.05. The highest BCUT2D eigenvalue weighted by atomic mass is 16.3. The fraction of sp³-hybridized carbons (Fsp3) is 0.429. The second-order valence-corrected chi connectivity index (χ2v) is 4.17. The second kappa shape index (κ2) is 7.46. The van der Waals surface area contributed by atoms with E-state index in [1.165, 1.54) is 0 Å². The summed E-state index contributed by atoms with van der Waals surface area (Å²) in [6.45, 7) is 1.65. The van der Waals surface area contributed by atoms with Crippen LogP contribution in [-0.4, -0.2) is 23.7 Å². The summed E-state index contributed by atoms with van der Waals surface area (Å²) in [4.78, 5) is 11.7. The first-order chi connectivity index (χ1) is 8.71. The number of nitrogens with one attached hydrogen (secondary N) is 1. The summed E-state index contributed by atoms with van der Waals surface area (Å²) in [5, 5.41) is 20.8. The molecule has 2 N–H and O–H groups in total. The predicted molar refractivity (Wildman–Crippen MR) is 68.6 cm³/mol. The Morgan fingerprint density at radius 1 is 1.44 bits per heavy atom. The molecule has 1 aromatic rings. The van der Waals surface area contributed by atoms with E-state index in [2.05, 4.69) is 5.32 Å². The van der Waals surface area contributed by atoms with Gasteiger partial charge in [0.05, 0.1) is 18.7 Å². The number of aliphatic hydroxyl groups excluding tert-OH is 1. The average molecular weight is 246 g/mol. The van der Waals surface area contributed by atoms with E-state index >= 15 is 0 Å². The number of hydrogen-bond donors (Lipinski definition) is 2. The summed E-state index contributed by atoms with van der Waals surface area (Å²) in [5.41, 5.74) is 1.04. The van der Waals surface area contributed by atoms with Gasteiger partial charge in [-0.25, -0.2) is 0 Å². The van der Waals surface area contributed by atoms with E-state index in [4.69, 9.17) is 5.26 Å². The monoisotopic (exact) mass is 246 g/mol. The summed E-state index contributed by atoms with van der Waals surface area (Å²) < 4.78 is 0. The normalized spacial score (nSPS) is 13.4. The van der Waals surface area contributed by atoms with Gasteiger partial charge in [-0.15, -0.1) is 0 Å². The standard InChI is InChI=1S/C14H18N2O2/c1-2-12(9-15)14(18)16-13(10-17)8-11-6-4-3-5-7-11/h3-7,12-13,17H,2,8,10H2,1H3,(H,16,18)/t12?,13-/m0/s1. The topological polar surface area (TPSA) is 73.1 Å². The Kier molecular flexibility index (Phi) is 5.89. The molecule has 18 heavy (non-hydrogen) atoms. The lowest BCUT2D eigenvalue weighted by Crippen LogP contribution is -2.41. The number of nitrogens with zero attached hydrogens (tertiary/aromatic N) is 1. The summed E-state index contributed by atoms with van der Waals surface area (Å²) in [7, 11) is 0. The van der Waals surface area contributed by atoms with Crippen molar-refractivity contribution in [2.75, 3.05) is 6.61 Å². The molecule has 0 radical (unpaired) electrons. The number of carbonyl (C=O) groups is 1. The zero-order valence-corrected chi connectivity index (χ0v) is 10.5. The number of hydrogen-bond acceptors (Lipinski definition) is 3. The van der Waals surface area contributed by atoms with Gasteiger partial charge < -0.3 is 10.4 Å². The van der Waals surface area contributed by atoms with Gasteiger partial charge in [-0.1, -0.05) is 37.3 Å². The van der Waals surface area contributed by atoms with Gasteiger partial charge in [-0.3, -0.25) is 4.79 Å². The van der Waals surface area contributed by atoms with Crippen molar-refractivity contribution in [3.8, 4) is 6.07 Å². The molecule has 2 atom stereocenters. The van der Waals surface area contributed by atoms with E-state index in [1.807, 2.05) is 36.4 Å². The molecular weight excluding hydrogens is 228 g/mol. The number of carbonyl (C=O) groups excluding carboxylic acids is 1. The van der Waals surface area contributed by atoms with Gasteiger partial charge in [0.25, 0.3) is 0 Å². The molecule has 0 bridgehead atoms. The molecule has 0 spiro atoms. The molecule has 4 nitrogen and oxygen atoms in total. The van der Waals surface area contributed by atoms with Crippen LogP contribution in [0.3, 0.4) is 0 Å². The largest absolute Gasteiger partial charge is 0.394 e. The van der Waals surface area contributed by atoms with Crippen molar-refractivity contribution < 1.29 is 9.90 Å². The third kappa shape index (κ3) is 4.19. The fourth-order valence-corrected chi connectivity index (χ4v) is 1.70. The molecule has 1 aromatic carbocycles. The number of nitriles is 1. The molecule has 4 heteroatoms. The first kappa shape index (κ1) is 14.2. The van der Waals surface area contributed by atoms with Gasteiger partial charge in [0, 0.05) is 0 Å². The zero-order valence-electron chi connectivity index (χ0n) is 10.5. The van der Waals surface area contributed by atoms with Gasteiger partial charge in [0.15, 0.2) is 0 Å². The van der Waals surface area contributed by atoms with E-state index in [0.29, 0.717) is 12.8 Å². The van der Waals surface area contributed by atoms with Crippen molar-refractivity contribution in [2.24, 2.45) is 5.92 Å². The maximum Gasteiger partial charge on any atom is 0.237 e. The lowest BCUT2D eigenvalue weighted by Gasteiger charge is -2.17. The van der Waals surface area contributed by atoms with E-state index in [-0.39, 0.29) is 18.6 Å². The van der Waals surface area contributed by atoms with Crippen molar-refractivity contribution in [1.82, 2.24) is 5.32 Å². The molecule has 1 rings (SSSR count). The van der Waals surface area contributed by atoms with Crippen LogP contribution in [0, 0.1) is 17.2 Å². The Morgan fingerprint density at radius 3 is 2.61 bits per heavy atom. The zero-order chi connectivity index (χ0) is 13.4. The van der Waals surface area contributed by atoms with E-state index in [0.717, 1.165) is 5.56 Å². The molecular formula is C14H18N2O2. The Bertz CT molecular complexity index is 412. The van der Waals surface area contributed by atoms with Crippen LogP contribution in [0.1, 0.15) is 18.9 Å². The van der Waals surface area contributed by atoms with E-state index < -0.39 is 5.92 Å². The summed E-state index contributed by atoms with van der Waals surface area (Å²) in [5.74, 6) is -0.954. The predicted octanol–water partition coefficient (Wildman–Crippen LogP) is 1.26. The van der Waals surface area contributed by atoms with Crippen molar-refractivity contribution in [2.45, 2.75) is 25.8 Å². The smallest absolute Gasteiger partial charge is 0.237 e. The van der Waals surface area contributed by atoms with Crippen molar-refractivity contribution in [1.29, 1.82) is 5.26 Å². The fourth-order valence-electron chi connectivity index (χ4n) is 1.70. The van der Waals surface area contributed by atoms with E-state index in [9.17, 15) is 9.90 Å². The Hall–Kier alpha value is -1.86. The van der Waals surface area contributed by atoms with Crippen molar-refractivity contribution >= 4 is 5.91 Å². The average Bonchev–Trinajstić information content (AvgIpc) is 2.40. The third-order valence-corrected chi connectivity index (χ3v) is 2.77. The third-order valence-electron chi connectivity index (χ3n) is 2.77. The van der Waals surface area contributed by atoms with Gasteiger partial charge >= 0.3 is 0 Å². The molecule has 0 aromatic heterocycles. The Labute approximate surface area is 107 Å². The molecule has 1 unspecified atom stereocenters. The lowest BCUT2D eigenvalue weighted by molar-refractivity contribution is -0.124. The van der Waals surface area contributed by atoms with E-state index in [1.54, 1.807) is 6.92 Å². The Balaban J connectivity index is 2.58. The molecule has 96 valence electrons. The first-order valence-corrected chi connectivity index (χ1v) is 6.06. The van der Waals surface area contributed by atoms with Crippen LogP contribution in [0.4, 0.5) is 0 Å². The number of amides is 1. The van der Waals surface area contributed by atoms with Crippen LogP contribution >= 0.6 is 0 Å². The molecule has 0 aliphatic rings. The minimum Gasteiger partial charge on any atom is -0.394 e.